The molecular weight excluding hydrogens is 224 g/mol. The lowest BCUT2D eigenvalue weighted by Gasteiger charge is -2.37. The number of aromatic nitrogens is 1. The number of anilines is 1. The Balaban J connectivity index is 2.14. The molecule has 4 heteroatoms. The molecule has 1 aromatic heterocycles. The van der Waals surface area contributed by atoms with Crippen LogP contribution in [0, 0.1) is 11.3 Å². The molecule has 1 fully saturated rings. The fraction of sp³-hybridized carbons (Fsp3) is 0.571. The Hall–Kier alpha value is -1.60. The fourth-order valence-corrected chi connectivity index (χ4v) is 2.61. The van der Waals surface area contributed by atoms with Gasteiger partial charge in [-0.2, -0.15) is 5.26 Å². The second-order valence-corrected chi connectivity index (χ2v) is 4.75. The SMILES string of the molecule is CNCCC1CCCCN1c1ccnc(C#N)c1. The van der Waals surface area contributed by atoms with Crippen molar-refractivity contribution in [2.24, 2.45) is 0 Å². The molecule has 0 bridgehead atoms. The number of hydrogen-bond donors (Lipinski definition) is 1. The van der Waals surface area contributed by atoms with E-state index in [1.165, 1.54) is 19.3 Å². The number of rotatable bonds is 4. The molecule has 0 aliphatic carbocycles. The molecule has 2 heterocycles. The lowest BCUT2D eigenvalue weighted by molar-refractivity contribution is 0.433. The monoisotopic (exact) mass is 244 g/mol. The highest BCUT2D eigenvalue weighted by molar-refractivity contribution is 5.50. The Morgan fingerprint density at radius 1 is 1.56 bits per heavy atom. The number of hydrogen-bond acceptors (Lipinski definition) is 4. The Kier molecular flexibility index (Phi) is 4.54. The number of nitrogens with one attached hydrogen (secondary N) is 1. The normalized spacial score (nSPS) is 19.6. The second kappa shape index (κ2) is 6.36. The average molecular weight is 244 g/mol. The van der Waals surface area contributed by atoms with Crippen LogP contribution in [0.3, 0.4) is 0 Å². The van der Waals surface area contributed by atoms with Crippen molar-refractivity contribution in [2.75, 3.05) is 25.0 Å². The summed E-state index contributed by atoms with van der Waals surface area (Å²) in [5, 5.41) is 12.1. The lowest BCUT2D eigenvalue weighted by Crippen LogP contribution is -2.41. The largest absolute Gasteiger partial charge is 0.368 e. The third-order valence-electron chi connectivity index (χ3n) is 3.54. The summed E-state index contributed by atoms with van der Waals surface area (Å²) in [7, 11) is 1.99. The molecule has 0 spiro atoms. The molecule has 0 radical (unpaired) electrons. The van der Waals surface area contributed by atoms with Gasteiger partial charge in [0, 0.05) is 24.5 Å². The standard InChI is InChI=1S/C14H20N4/c1-16-7-5-13-4-2-3-9-18(13)14-6-8-17-12(10-14)11-15/h6,8,10,13,16H,2-5,7,9H2,1H3. The van der Waals surface area contributed by atoms with Gasteiger partial charge in [0.25, 0.3) is 0 Å². The van der Waals surface area contributed by atoms with Crippen molar-refractivity contribution in [1.82, 2.24) is 10.3 Å². The maximum Gasteiger partial charge on any atom is 0.142 e. The number of pyridine rings is 1. The Morgan fingerprint density at radius 2 is 2.44 bits per heavy atom. The number of piperidine rings is 1. The zero-order chi connectivity index (χ0) is 12.8. The highest BCUT2D eigenvalue weighted by Crippen LogP contribution is 2.26. The van der Waals surface area contributed by atoms with Crippen molar-refractivity contribution < 1.29 is 0 Å². The van der Waals surface area contributed by atoms with Crippen LogP contribution in [-0.4, -0.2) is 31.2 Å². The van der Waals surface area contributed by atoms with Crippen LogP contribution in [0.15, 0.2) is 18.3 Å². The topological polar surface area (TPSA) is 52.0 Å². The molecular formula is C14H20N4. The first-order chi connectivity index (χ1) is 8.85. The molecule has 1 saturated heterocycles. The predicted octanol–water partition coefficient (Wildman–Crippen LogP) is 1.92. The lowest BCUT2D eigenvalue weighted by atomic mass is 9.98. The van der Waals surface area contributed by atoms with E-state index in [0.29, 0.717) is 11.7 Å². The van der Waals surface area contributed by atoms with E-state index in [9.17, 15) is 0 Å². The van der Waals surface area contributed by atoms with E-state index in [4.69, 9.17) is 5.26 Å². The molecule has 1 atom stereocenters. The van der Waals surface area contributed by atoms with E-state index in [2.05, 4.69) is 21.3 Å². The molecule has 18 heavy (non-hydrogen) atoms. The summed E-state index contributed by atoms with van der Waals surface area (Å²) in [6.07, 6.45) is 6.67. The zero-order valence-electron chi connectivity index (χ0n) is 10.9. The van der Waals surface area contributed by atoms with Crippen molar-refractivity contribution in [3.05, 3.63) is 24.0 Å². The van der Waals surface area contributed by atoms with Gasteiger partial charge in [-0.25, -0.2) is 4.98 Å². The van der Waals surface area contributed by atoms with E-state index in [0.717, 1.165) is 25.2 Å². The van der Waals surface area contributed by atoms with Crippen LogP contribution >= 0.6 is 0 Å². The maximum atomic E-state index is 8.93. The molecule has 1 aromatic rings. The van der Waals surface area contributed by atoms with E-state index < -0.39 is 0 Å². The summed E-state index contributed by atoms with van der Waals surface area (Å²) in [5.74, 6) is 0. The fourth-order valence-electron chi connectivity index (χ4n) is 2.61. The number of nitriles is 1. The maximum absolute atomic E-state index is 8.93. The van der Waals surface area contributed by atoms with Crippen molar-refractivity contribution in [3.63, 3.8) is 0 Å². The molecule has 1 N–H and O–H groups in total. The molecule has 0 amide bonds. The zero-order valence-corrected chi connectivity index (χ0v) is 10.9. The van der Waals surface area contributed by atoms with Crippen molar-refractivity contribution in [3.8, 4) is 6.07 Å². The van der Waals surface area contributed by atoms with Crippen LogP contribution in [0.2, 0.25) is 0 Å². The predicted molar refractivity (Wildman–Crippen MR) is 72.5 cm³/mol. The summed E-state index contributed by atoms with van der Waals surface area (Å²) in [4.78, 5) is 6.47. The van der Waals surface area contributed by atoms with E-state index in [-0.39, 0.29) is 0 Å². The van der Waals surface area contributed by atoms with Gasteiger partial charge in [0.15, 0.2) is 0 Å². The van der Waals surface area contributed by atoms with Gasteiger partial charge >= 0.3 is 0 Å². The minimum absolute atomic E-state index is 0.505. The third kappa shape index (κ3) is 2.99. The van der Waals surface area contributed by atoms with Gasteiger partial charge in [0.05, 0.1) is 0 Å². The quantitative estimate of drug-likeness (QED) is 0.879. The molecule has 96 valence electrons. The summed E-state index contributed by atoms with van der Waals surface area (Å²) in [5.41, 5.74) is 1.65. The highest BCUT2D eigenvalue weighted by atomic mass is 15.2. The Bertz CT molecular complexity index is 424. The molecule has 1 unspecified atom stereocenters. The van der Waals surface area contributed by atoms with E-state index in [1.54, 1.807) is 6.20 Å². The van der Waals surface area contributed by atoms with Gasteiger partial charge < -0.3 is 10.2 Å². The van der Waals surface area contributed by atoms with E-state index in [1.807, 2.05) is 19.2 Å². The van der Waals surface area contributed by atoms with Gasteiger partial charge in [0.1, 0.15) is 11.8 Å². The van der Waals surface area contributed by atoms with Crippen molar-refractivity contribution in [1.29, 1.82) is 5.26 Å². The molecule has 0 aromatic carbocycles. The average Bonchev–Trinajstić information content (AvgIpc) is 2.45. The first kappa shape index (κ1) is 12.8. The molecule has 0 saturated carbocycles. The van der Waals surface area contributed by atoms with Crippen LogP contribution in [0.1, 0.15) is 31.4 Å². The van der Waals surface area contributed by atoms with Gasteiger partial charge in [-0.05, 0) is 51.4 Å². The van der Waals surface area contributed by atoms with Crippen LogP contribution in [0.4, 0.5) is 5.69 Å². The Morgan fingerprint density at radius 3 is 3.22 bits per heavy atom. The first-order valence-electron chi connectivity index (χ1n) is 6.62. The van der Waals surface area contributed by atoms with Crippen molar-refractivity contribution >= 4 is 5.69 Å². The van der Waals surface area contributed by atoms with Gasteiger partial charge in [-0.3, -0.25) is 0 Å². The Labute approximate surface area is 109 Å². The van der Waals surface area contributed by atoms with Crippen LogP contribution in [0.5, 0.6) is 0 Å². The second-order valence-electron chi connectivity index (χ2n) is 4.75. The minimum atomic E-state index is 0.505. The highest BCUT2D eigenvalue weighted by Gasteiger charge is 2.22. The van der Waals surface area contributed by atoms with Crippen LogP contribution < -0.4 is 10.2 Å². The van der Waals surface area contributed by atoms with Crippen LogP contribution in [-0.2, 0) is 0 Å². The molecule has 1 aliphatic heterocycles. The first-order valence-corrected chi connectivity index (χ1v) is 6.62. The smallest absolute Gasteiger partial charge is 0.142 e. The summed E-state index contributed by atoms with van der Waals surface area (Å²) >= 11 is 0. The third-order valence-corrected chi connectivity index (χ3v) is 3.54. The summed E-state index contributed by atoms with van der Waals surface area (Å²) in [6.45, 7) is 2.13. The molecule has 4 nitrogen and oxygen atoms in total. The summed E-state index contributed by atoms with van der Waals surface area (Å²) < 4.78 is 0. The van der Waals surface area contributed by atoms with Gasteiger partial charge in [-0.1, -0.05) is 0 Å². The number of nitrogens with zero attached hydrogens (tertiary/aromatic N) is 3. The van der Waals surface area contributed by atoms with Gasteiger partial charge in [-0.15, -0.1) is 0 Å². The van der Waals surface area contributed by atoms with E-state index >= 15 is 0 Å². The van der Waals surface area contributed by atoms with Crippen molar-refractivity contribution in [2.45, 2.75) is 31.7 Å². The van der Waals surface area contributed by atoms with Gasteiger partial charge in [0.2, 0.25) is 0 Å². The molecule has 1 aliphatic rings. The molecule has 2 rings (SSSR count). The van der Waals surface area contributed by atoms with Crippen LogP contribution in [0.25, 0.3) is 0 Å². The summed E-state index contributed by atoms with van der Waals surface area (Å²) in [6, 6.07) is 6.61. The minimum Gasteiger partial charge on any atom is -0.368 e.